The Hall–Kier alpha value is -0.0931. The van der Waals surface area contributed by atoms with Gasteiger partial charge in [-0.05, 0) is 12.5 Å². The standard InChI is InChI=1S/C9H15BrO2Si/c1-6-5-7(11)12-8(6)9(10)13(2,3)4/h5,8-9H,1-4H3/t8-,9+/m0/s1. The predicted octanol–water partition coefficient (Wildman–Crippen LogP) is 2.50. The molecule has 0 unspecified atom stereocenters. The van der Waals surface area contributed by atoms with Crippen LogP contribution in [0.3, 0.4) is 0 Å². The van der Waals surface area contributed by atoms with Gasteiger partial charge >= 0.3 is 5.97 Å². The maximum absolute atomic E-state index is 11.0. The molecule has 2 nitrogen and oxygen atoms in total. The molecule has 1 rings (SSSR count). The molecule has 0 fully saturated rings. The Labute approximate surface area is 88.5 Å². The van der Waals surface area contributed by atoms with Crippen LogP contribution < -0.4 is 0 Å². The summed E-state index contributed by atoms with van der Waals surface area (Å²) in [6, 6.07) is 0. The Balaban J connectivity index is 2.76. The van der Waals surface area contributed by atoms with Gasteiger partial charge in [0.2, 0.25) is 0 Å². The molecule has 0 radical (unpaired) electrons. The molecule has 0 aromatic rings. The first-order valence-electron chi connectivity index (χ1n) is 4.35. The van der Waals surface area contributed by atoms with Gasteiger partial charge in [0.05, 0.1) is 8.07 Å². The van der Waals surface area contributed by atoms with Crippen LogP contribution >= 0.6 is 15.9 Å². The molecule has 0 bridgehead atoms. The van der Waals surface area contributed by atoms with Gasteiger partial charge in [-0.2, -0.15) is 0 Å². The number of rotatable bonds is 2. The molecule has 0 amide bonds. The average Bonchev–Trinajstić information content (AvgIpc) is 2.26. The fraction of sp³-hybridized carbons (Fsp3) is 0.667. The van der Waals surface area contributed by atoms with Gasteiger partial charge in [0.25, 0.3) is 0 Å². The van der Waals surface area contributed by atoms with Crippen molar-refractivity contribution in [1.82, 2.24) is 0 Å². The maximum atomic E-state index is 11.0. The lowest BCUT2D eigenvalue weighted by Crippen LogP contribution is -2.43. The van der Waals surface area contributed by atoms with E-state index in [0.29, 0.717) is 4.45 Å². The van der Waals surface area contributed by atoms with Crippen LogP contribution in [0.1, 0.15) is 6.92 Å². The van der Waals surface area contributed by atoms with Crippen molar-refractivity contribution in [2.24, 2.45) is 0 Å². The molecule has 0 saturated carbocycles. The minimum absolute atomic E-state index is 0.0424. The van der Waals surface area contributed by atoms with Gasteiger partial charge in [0.15, 0.2) is 0 Å². The normalized spacial score (nSPS) is 25.5. The van der Waals surface area contributed by atoms with E-state index < -0.39 is 8.07 Å². The van der Waals surface area contributed by atoms with Crippen LogP contribution in [0.2, 0.25) is 19.6 Å². The summed E-state index contributed by atoms with van der Waals surface area (Å²) in [5.74, 6) is -0.204. The SMILES string of the molecule is CC1=CC(=O)O[C@@H]1[C@H](Br)[Si](C)(C)C. The zero-order valence-corrected chi connectivity index (χ0v) is 11.0. The number of carbonyl (C=O) groups excluding carboxylic acids is 1. The Kier molecular flexibility index (Phi) is 3.02. The van der Waals surface area contributed by atoms with Crippen LogP contribution in [0, 0.1) is 0 Å². The number of cyclic esters (lactones) is 1. The Morgan fingerprint density at radius 3 is 2.38 bits per heavy atom. The van der Waals surface area contributed by atoms with Gasteiger partial charge < -0.3 is 4.74 Å². The minimum atomic E-state index is -1.30. The van der Waals surface area contributed by atoms with Crippen molar-refractivity contribution in [2.45, 2.75) is 37.1 Å². The molecule has 2 atom stereocenters. The summed E-state index contributed by atoms with van der Waals surface area (Å²) in [5.41, 5.74) is 1.04. The molecule has 0 aromatic heterocycles. The van der Waals surface area contributed by atoms with Crippen molar-refractivity contribution in [3.8, 4) is 0 Å². The van der Waals surface area contributed by atoms with Crippen LogP contribution in [0.25, 0.3) is 0 Å². The number of esters is 1. The van der Waals surface area contributed by atoms with E-state index >= 15 is 0 Å². The van der Waals surface area contributed by atoms with Crippen molar-refractivity contribution < 1.29 is 9.53 Å². The molecule has 0 N–H and O–H groups in total. The summed E-state index contributed by atoms with van der Waals surface area (Å²) >= 11 is 3.64. The van der Waals surface area contributed by atoms with Crippen LogP contribution in [0.4, 0.5) is 0 Å². The molecule has 74 valence electrons. The number of ether oxygens (including phenoxy) is 1. The van der Waals surface area contributed by atoms with Gasteiger partial charge in [-0.25, -0.2) is 4.79 Å². The highest BCUT2D eigenvalue weighted by Gasteiger charge is 2.37. The van der Waals surface area contributed by atoms with E-state index in [2.05, 4.69) is 35.6 Å². The molecular weight excluding hydrogens is 248 g/mol. The predicted molar refractivity (Wildman–Crippen MR) is 59.7 cm³/mol. The van der Waals surface area contributed by atoms with Gasteiger partial charge in [-0.15, -0.1) is 0 Å². The summed E-state index contributed by atoms with van der Waals surface area (Å²) in [7, 11) is -1.30. The first-order valence-corrected chi connectivity index (χ1v) is 8.84. The molecule has 1 aliphatic heterocycles. The quantitative estimate of drug-likeness (QED) is 0.434. The summed E-state index contributed by atoms with van der Waals surface area (Å²) in [5, 5.41) is 0. The van der Waals surface area contributed by atoms with Crippen LogP contribution in [-0.4, -0.2) is 24.6 Å². The lowest BCUT2D eigenvalue weighted by molar-refractivity contribution is -0.138. The molecule has 0 aliphatic carbocycles. The molecule has 1 aliphatic rings. The molecule has 1 heterocycles. The minimum Gasteiger partial charge on any atom is -0.454 e. The second-order valence-corrected chi connectivity index (χ2v) is 11.7. The Bertz CT molecular complexity index is 255. The maximum Gasteiger partial charge on any atom is 0.331 e. The number of halogens is 1. The van der Waals surface area contributed by atoms with Crippen LogP contribution in [-0.2, 0) is 9.53 Å². The van der Waals surface area contributed by atoms with Gasteiger partial charge in [-0.1, -0.05) is 35.6 Å². The summed E-state index contributed by atoms with van der Waals surface area (Å²) in [6.07, 6.45) is 1.54. The lowest BCUT2D eigenvalue weighted by atomic mass is 10.2. The molecule has 0 spiro atoms. The molecule has 0 aromatic carbocycles. The van der Waals surface area contributed by atoms with E-state index in [4.69, 9.17) is 4.74 Å². The molecular formula is C9H15BrO2Si. The molecule has 13 heavy (non-hydrogen) atoms. The van der Waals surface area contributed by atoms with E-state index in [1.54, 1.807) is 6.08 Å². The first kappa shape index (κ1) is 11.0. The Morgan fingerprint density at radius 2 is 2.08 bits per heavy atom. The van der Waals surface area contributed by atoms with Crippen LogP contribution in [0.5, 0.6) is 0 Å². The number of alkyl halides is 1. The highest BCUT2D eigenvalue weighted by atomic mass is 79.9. The molecule has 4 heteroatoms. The van der Waals surface area contributed by atoms with E-state index in [0.717, 1.165) is 5.57 Å². The summed E-state index contributed by atoms with van der Waals surface area (Å²) in [4.78, 5) is 11.0. The van der Waals surface area contributed by atoms with Crippen molar-refractivity contribution in [1.29, 1.82) is 0 Å². The smallest absolute Gasteiger partial charge is 0.331 e. The highest BCUT2D eigenvalue weighted by molar-refractivity contribution is 9.10. The third kappa shape index (κ3) is 2.44. The summed E-state index contributed by atoms with van der Waals surface area (Å²) < 4.78 is 5.53. The third-order valence-corrected chi connectivity index (χ3v) is 8.69. The largest absolute Gasteiger partial charge is 0.454 e. The first-order chi connectivity index (χ1) is 5.82. The van der Waals surface area contributed by atoms with Gasteiger partial charge in [0.1, 0.15) is 6.10 Å². The van der Waals surface area contributed by atoms with E-state index in [1.807, 2.05) is 6.92 Å². The number of hydrogen-bond acceptors (Lipinski definition) is 2. The van der Waals surface area contributed by atoms with E-state index in [1.165, 1.54) is 0 Å². The zero-order chi connectivity index (χ0) is 10.2. The Morgan fingerprint density at radius 1 is 1.54 bits per heavy atom. The topological polar surface area (TPSA) is 26.3 Å². The fourth-order valence-electron chi connectivity index (χ4n) is 1.26. The van der Waals surface area contributed by atoms with E-state index in [-0.39, 0.29) is 12.1 Å². The van der Waals surface area contributed by atoms with E-state index in [9.17, 15) is 4.79 Å². The van der Waals surface area contributed by atoms with Crippen molar-refractivity contribution in [2.75, 3.05) is 0 Å². The van der Waals surface area contributed by atoms with Crippen molar-refractivity contribution in [3.63, 3.8) is 0 Å². The van der Waals surface area contributed by atoms with Crippen molar-refractivity contribution >= 4 is 30.0 Å². The van der Waals surface area contributed by atoms with Crippen molar-refractivity contribution in [3.05, 3.63) is 11.6 Å². The van der Waals surface area contributed by atoms with Gasteiger partial charge in [0, 0.05) is 10.5 Å². The zero-order valence-electron chi connectivity index (χ0n) is 8.43. The highest BCUT2D eigenvalue weighted by Crippen LogP contribution is 2.29. The lowest BCUT2D eigenvalue weighted by Gasteiger charge is -2.28. The second kappa shape index (κ2) is 3.57. The van der Waals surface area contributed by atoms with Crippen LogP contribution in [0.15, 0.2) is 11.6 Å². The third-order valence-electron chi connectivity index (χ3n) is 2.13. The monoisotopic (exact) mass is 262 g/mol. The molecule has 0 saturated heterocycles. The number of carbonyl (C=O) groups is 1. The van der Waals surface area contributed by atoms with Gasteiger partial charge in [-0.3, -0.25) is 0 Å². The summed E-state index contributed by atoms with van der Waals surface area (Å²) in [6.45, 7) is 8.72. The number of hydrogen-bond donors (Lipinski definition) is 0. The second-order valence-electron chi connectivity index (χ2n) is 4.51. The fourth-order valence-corrected chi connectivity index (χ4v) is 3.03. The average molecular weight is 263 g/mol.